The van der Waals surface area contributed by atoms with Crippen LogP contribution in [-0.4, -0.2) is 11.9 Å². The van der Waals surface area contributed by atoms with Crippen molar-refractivity contribution in [2.75, 3.05) is 0 Å². The van der Waals surface area contributed by atoms with Gasteiger partial charge in [0.2, 0.25) is 0 Å². The summed E-state index contributed by atoms with van der Waals surface area (Å²) in [5.74, 6) is 0.0661. The third kappa shape index (κ3) is 4.18. The number of rotatable bonds is 3. The van der Waals surface area contributed by atoms with Gasteiger partial charge in [0.1, 0.15) is 11.5 Å². The molecular weight excluding hydrogens is 408 g/mol. The number of carbonyl (C=O) groups excluding carboxylic acids is 2. The molecular formula is C19H12BrClO4. The molecule has 0 aromatic heterocycles. The molecule has 1 aliphatic rings. The first-order valence-electron chi connectivity index (χ1n) is 7.32. The number of esters is 2. The van der Waals surface area contributed by atoms with Gasteiger partial charge in [0.25, 0.3) is 0 Å². The lowest BCUT2D eigenvalue weighted by molar-refractivity contribution is -0.132. The van der Waals surface area contributed by atoms with Crippen LogP contribution < -0.4 is 4.74 Å². The number of hydrogen-bond donors (Lipinski definition) is 0. The smallest absolute Gasteiger partial charge is 0.343 e. The molecule has 0 radical (unpaired) electrons. The van der Waals surface area contributed by atoms with Gasteiger partial charge >= 0.3 is 11.9 Å². The summed E-state index contributed by atoms with van der Waals surface area (Å²) in [6, 6.07) is 12.2. The van der Waals surface area contributed by atoms with Crippen molar-refractivity contribution in [3.63, 3.8) is 0 Å². The average molecular weight is 420 g/mol. The fourth-order valence-corrected chi connectivity index (χ4v) is 2.87. The molecule has 0 spiro atoms. The molecule has 0 unspecified atom stereocenters. The van der Waals surface area contributed by atoms with Gasteiger partial charge in [-0.1, -0.05) is 17.7 Å². The Morgan fingerprint density at radius 1 is 1.20 bits per heavy atom. The zero-order valence-corrected chi connectivity index (χ0v) is 15.4. The molecule has 6 heteroatoms. The van der Waals surface area contributed by atoms with Gasteiger partial charge in [-0.05, 0) is 70.0 Å². The van der Waals surface area contributed by atoms with Gasteiger partial charge in [-0.25, -0.2) is 4.79 Å². The van der Waals surface area contributed by atoms with E-state index in [-0.39, 0.29) is 0 Å². The molecule has 2 aromatic carbocycles. The first-order valence-corrected chi connectivity index (χ1v) is 8.49. The van der Waals surface area contributed by atoms with Crippen molar-refractivity contribution in [1.82, 2.24) is 0 Å². The maximum Gasteiger partial charge on any atom is 0.343 e. The van der Waals surface area contributed by atoms with Crippen LogP contribution >= 0.6 is 27.5 Å². The minimum atomic E-state index is -0.426. The molecule has 0 atom stereocenters. The van der Waals surface area contributed by atoms with Gasteiger partial charge in [0, 0.05) is 17.5 Å². The monoisotopic (exact) mass is 418 g/mol. The Labute approximate surface area is 157 Å². The molecule has 126 valence electrons. The third-order valence-electron chi connectivity index (χ3n) is 3.39. The van der Waals surface area contributed by atoms with E-state index in [1.807, 2.05) is 0 Å². The molecule has 0 saturated heterocycles. The third-order valence-corrected chi connectivity index (χ3v) is 4.26. The molecule has 0 N–H and O–H groups in total. The second-order valence-electron chi connectivity index (χ2n) is 5.29. The van der Waals surface area contributed by atoms with Crippen LogP contribution in [0.4, 0.5) is 0 Å². The summed E-state index contributed by atoms with van der Waals surface area (Å²) in [5.41, 5.74) is 1.97. The minimum Gasteiger partial charge on any atom is -0.426 e. The highest BCUT2D eigenvalue weighted by atomic mass is 79.9. The summed E-state index contributed by atoms with van der Waals surface area (Å²) in [6.07, 6.45) is 3.38. The van der Waals surface area contributed by atoms with Crippen molar-refractivity contribution >= 4 is 51.3 Å². The number of hydrogen-bond acceptors (Lipinski definition) is 4. The lowest BCUT2D eigenvalue weighted by Gasteiger charge is -2.04. The van der Waals surface area contributed by atoms with E-state index in [4.69, 9.17) is 21.1 Å². The second kappa shape index (κ2) is 7.25. The van der Waals surface area contributed by atoms with Crippen molar-refractivity contribution in [2.45, 2.75) is 6.92 Å². The molecule has 25 heavy (non-hydrogen) atoms. The zero-order chi connectivity index (χ0) is 18.0. The van der Waals surface area contributed by atoms with Crippen LogP contribution in [-0.2, 0) is 14.3 Å². The fraction of sp³-hybridized carbons (Fsp3) is 0.0526. The van der Waals surface area contributed by atoms with E-state index in [2.05, 4.69) is 15.9 Å². The maximum absolute atomic E-state index is 12.1. The van der Waals surface area contributed by atoms with E-state index in [1.165, 1.54) is 6.92 Å². The number of halogens is 2. The minimum absolute atomic E-state index is 0.401. The van der Waals surface area contributed by atoms with Gasteiger partial charge in [-0.2, -0.15) is 0 Å². The fourth-order valence-electron chi connectivity index (χ4n) is 2.27. The van der Waals surface area contributed by atoms with Crippen LogP contribution in [0.3, 0.4) is 0 Å². The largest absolute Gasteiger partial charge is 0.426 e. The van der Waals surface area contributed by atoms with Gasteiger partial charge in [0.05, 0.1) is 10.0 Å². The van der Waals surface area contributed by atoms with Crippen LogP contribution in [0.15, 0.2) is 58.6 Å². The van der Waals surface area contributed by atoms with Crippen molar-refractivity contribution in [1.29, 1.82) is 0 Å². The summed E-state index contributed by atoms with van der Waals surface area (Å²) in [7, 11) is 0. The summed E-state index contributed by atoms with van der Waals surface area (Å²) in [4.78, 5) is 23.1. The molecule has 0 aliphatic carbocycles. The molecule has 0 amide bonds. The van der Waals surface area contributed by atoms with Crippen LogP contribution in [0.1, 0.15) is 18.1 Å². The van der Waals surface area contributed by atoms with Crippen molar-refractivity contribution in [2.24, 2.45) is 0 Å². The Morgan fingerprint density at radius 3 is 2.56 bits per heavy atom. The Morgan fingerprint density at radius 2 is 1.92 bits per heavy atom. The number of benzene rings is 2. The van der Waals surface area contributed by atoms with Crippen LogP contribution in [0.5, 0.6) is 5.75 Å². The SMILES string of the molecule is CC(=O)Oc1ccc(C=C2C=C(c3ccc(Cl)cc3)OC2=O)cc1Br. The normalized spacial score (nSPS) is 15.1. The van der Waals surface area contributed by atoms with Crippen molar-refractivity contribution in [3.8, 4) is 5.75 Å². The molecule has 2 aromatic rings. The highest BCUT2D eigenvalue weighted by molar-refractivity contribution is 9.10. The molecule has 4 nitrogen and oxygen atoms in total. The highest BCUT2D eigenvalue weighted by Crippen LogP contribution is 2.30. The van der Waals surface area contributed by atoms with E-state index in [0.29, 0.717) is 26.6 Å². The van der Waals surface area contributed by atoms with Crippen LogP contribution in [0.2, 0.25) is 5.02 Å². The van der Waals surface area contributed by atoms with Gasteiger partial charge in [0.15, 0.2) is 0 Å². The summed E-state index contributed by atoms with van der Waals surface area (Å²) < 4.78 is 11.0. The zero-order valence-electron chi connectivity index (χ0n) is 13.1. The number of cyclic esters (lactones) is 1. The number of carbonyl (C=O) groups is 2. The Kier molecular flexibility index (Phi) is 5.06. The van der Waals surface area contributed by atoms with Crippen molar-refractivity contribution in [3.05, 3.63) is 74.7 Å². The quantitative estimate of drug-likeness (QED) is 0.399. The Balaban J connectivity index is 1.88. The predicted molar refractivity (Wildman–Crippen MR) is 98.9 cm³/mol. The molecule has 1 heterocycles. The Bertz CT molecular complexity index is 914. The van der Waals surface area contributed by atoms with Crippen LogP contribution in [0.25, 0.3) is 11.8 Å². The summed E-state index contributed by atoms with van der Waals surface area (Å²) in [6.45, 7) is 1.33. The second-order valence-corrected chi connectivity index (χ2v) is 6.58. The Hall–Kier alpha value is -2.37. The first-order chi connectivity index (χ1) is 11.9. The van der Waals surface area contributed by atoms with E-state index < -0.39 is 11.9 Å². The average Bonchev–Trinajstić information content (AvgIpc) is 2.91. The standard InChI is InChI=1S/C19H12BrClO4/c1-11(22)24-17-7-2-12(9-16(17)20)8-14-10-18(25-19(14)23)13-3-5-15(21)6-4-13/h2-10H,1H3. The van der Waals surface area contributed by atoms with Crippen LogP contribution in [0, 0.1) is 0 Å². The predicted octanol–water partition coefficient (Wildman–Crippen LogP) is 5.01. The summed E-state index contributed by atoms with van der Waals surface area (Å²) in [5, 5.41) is 0.613. The van der Waals surface area contributed by atoms with Gasteiger partial charge in [-0.15, -0.1) is 0 Å². The lowest BCUT2D eigenvalue weighted by atomic mass is 10.1. The molecule has 0 saturated carbocycles. The van der Waals surface area contributed by atoms with E-state index in [1.54, 1.807) is 54.6 Å². The molecule has 3 rings (SSSR count). The van der Waals surface area contributed by atoms with E-state index in [9.17, 15) is 9.59 Å². The molecule has 0 bridgehead atoms. The lowest BCUT2D eigenvalue weighted by Crippen LogP contribution is -2.02. The van der Waals surface area contributed by atoms with E-state index >= 15 is 0 Å². The first kappa shape index (κ1) is 17.5. The summed E-state index contributed by atoms with van der Waals surface area (Å²) >= 11 is 9.21. The highest BCUT2D eigenvalue weighted by Gasteiger charge is 2.22. The number of ether oxygens (including phenoxy) is 2. The van der Waals surface area contributed by atoms with Crippen molar-refractivity contribution < 1.29 is 19.1 Å². The molecule has 0 fully saturated rings. The van der Waals surface area contributed by atoms with Gasteiger partial charge < -0.3 is 9.47 Å². The van der Waals surface area contributed by atoms with Gasteiger partial charge in [-0.3, -0.25) is 4.79 Å². The molecule has 1 aliphatic heterocycles. The van der Waals surface area contributed by atoms with E-state index in [0.717, 1.165) is 11.1 Å². The maximum atomic E-state index is 12.1. The topological polar surface area (TPSA) is 52.6 Å².